The normalized spacial score (nSPS) is 12.7. The van der Waals surface area contributed by atoms with E-state index in [1.807, 2.05) is 12.4 Å². The van der Waals surface area contributed by atoms with Gasteiger partial charge < -0.3 is 5.32 Å². The quantitative estimate of drug-likeness (QED) is 0.736. The molecule has 20 heavy (non-hydrogen) atoms. The Bertz CT molecular complexity index is 718. The summed E-state index contributed by atoms with van der Waals surface area (Å²) in [7, 11) is 0. The van der Waals surface area contributed by atoms with Gasteiger partial charge in [-0.25, -0.2) is 0 Å². The molecule has 0 aliphatic rings. The maximum absolute atomic E-state index is 4.40. The zero-order valence-corrected chi connectivity index (χ0v) is 13.5. The number of halogens is 1. The Morgan fingerprint density at radius 2 is 2.05 bits per heavy atom. The second kappa shape index (κ2) is 6.04. The van der Waals surface area contributed by atoms with Crippen LogP contribution in [0, 0.1) is 0 Å². The summed E-state index contributed by atoms with van der Waals surface area (Å²) in [4.78, 5) is 5.70. The molecule has 1 N–H and O–H groups in total. The number of fused-ring (bicyclic) bond motifs is 1. The van der Waals surface area contributed by atoms with Gasteiger partial charge in [0, 0.05) is 28.2 Å². The van der Waals surface area contributed by atoms with Crippen molar-refractivity contribution in [3.8, 4) is 0 Å². The fourth-order valence-electron chi connectivity index (χ4n) is 2.42. The highest BCUT2D eigenvalue weighted by molar-refractivity contribution is 9.11. The van der Waals surface area contributed by atoms with Gasteiger partial charge in [-0.15, -0.1) is 11.3 Å². The van der Waals surface area contributed by atoms with Gasteiger partial charge in [-0.05, 0) is 40.0 Å². The van der Waals surface area contributed by atoms with Crippen LogP contribution in [0.5, 0.6) is 0 Å². The maximum atomic E-state index is 4.40. The fourth-order valence-corrected chi connectivity index (χ4v) is 3.94. The molecule has 3 aromatic rings. The van der Waals surface area contributed by atoms with Crippen molar-refractivity contribution >= 4 is 38.0 Å². The molecule has 0 saturated heterocycles. The van der Waals surface area contributed by atoms with Crippen LogP contribution >= 0.6 is 27.3 Å². The van der Waals surface area contributed by atoms with Crippen LogP contribution in [-0.2, 0) is 0 Å². The molecule has 2 nitrogen and oxygen atoms in total. The summed E-state index contributed by atoms with van der Waals surface area (Å²) in [5, 5.41) is 6.02. The molecule has 1 atom stereocenters. The molecule has 0 spiro atoms. The highest BCUT2D eigenvalue weighted by Crippen LogP contribution is 2.33. The maximum Gasteiger partial charge on any atom is 0.0702 e. The van der Waals surface area contributed by atoms with Gasteiger partial charge in [0.2, 0.25) is 0 Å². The van der Waals surface area contributed by atoms with Crippen molar-refractivity contribution < 1.29 is 0 Å². The minimum atomic E-state index is 0.190. The predicted octanol–water partition coefficient (Wildman–Crippen LogP) is 4.76. The molecular formula is C16H15BrN2S. The van der Waals surface area contributed by atoms with Crippen molar-refractivity contribution in [1.29, 1.82) is 0 Å². The van der Waals surface area contributed by atoms with Crippen LogP contribution in [-0.4, -0.2) is 11.5 Å². The van der Waals surface area contributed by atoms with Crippen molar-refractivity contribution in [2.75, 3.05) is 6.54 Å². The fraction of sp³-hybridized carbons (Fsp3) is 0.188. The average Bonchev–Trinajstić information content (AvgIpc) is 2.91. The molecule has 102 valence electrons. The number of thiophene rings is 1. The van der Waals surface area contributed by atoms with E-state index in [1.165, 1.54) is 21.2 Å². The topological polar surface area (TPSA) is 24.9 Å². The molecule has 0 aliphatic heterocycles. The summed E-state index contributed by atoms with van der Waals surface area (Å²) in [6, 6.07) is 12.9. The number of nitrogens with one attached hydrogen (secondary N) is 1. The second-order valence-electron chi connectivity index (χ2n) is 4.58. The number of benzene rings is 1. The minimum absolute atomic E-state index is 0.190. The van der Waals surface area contributed by atoms with E-state index >= 15 is 0 Å². The van der Waals surface area contributed by atoms with E-state index < -0.39 is 0 Å². The molecule has 0 saturated carbocycles. The number of pyridine rings is 1. The molecule has 2 heterocycles. The van der Waals surface area contributed by atoms with Gasteiger partial charge in [0.15, 0.2) is 0 Å². The Hall–Kier alpha value is -1.23. The van der Waals surface area contributed by atoms with E-state index in [0.29, 0.717) is 0 Å². The van der Waals surface area contributed by atoms with E-state index in [2.05, 4.69) is 69.6 Å². The number of rotatable bonds is 4. The summed E-state index contributed by atoms with van der Waals surface area (Å²) in [6.45, 7) is 3.05. The van der Waals surface area contributed by atoms with Crippen LogP contribution in [0.1, 0.15) is 23.4 Å². The van der Waals surface area contributed by atoms with Crippen LogP contribution in [0.2, 0.25) is 0 Å². The van der Waals surface area contributed by atoms with Crippen molar-refractivity contribution in [2.45, 2.75) is 13.0 Å². The van der Waals surface area contributed by atoms with Gasteiger partial charge in [0.25, 0.3) is 0 Å². The van der Waals surface area contributed by atoms with Crippen LogP contribution in [0.3, 0.4) is 0 Å². The molecule has 2 aromatic heterocycles. The predicted molar refractivity (Wildman–Crippen MR) is 89.3 cm³/mol. The monoisotopic (exact) mass is 346 g/mol. The van der Waals surface area contributed by atoms with E-state index in [-0.39, 0.29) is 6.04 Å². The Balaban J connectivity index is 2.14. The van der Waals surface area contributed by atoms with Crippen LogP contribution in [0.4, 0.5) is 0 Å². The standard InChI is InChI=1S/C16H15BrN2S/c1-2-19-16(14-7-8-15(17)20-14)13-10-18-9-11-5-3-4-6-12(11)13/h3-10,16,19H,2H2,1H3. The third kappa shape index (κ3) is 2.64. The summed E-state index contributed by atoms with van der Waals surface area (Å²) in [5.74, 6) is 0. The Morgan fingerprint density at radius 3 is 2.80 bits per heavy atom. The molecule has 0 aliphatic carbocycles. The zero-order valence-electron chi connectivity index (χ0n) is 11.1. The third-order valence-corrected chi connectivity index (χ3v) is 4.99. The lowest BCUT2D eigenvalue weighted by atomic mass is 10.0. The lowest BCUT2D eigenvalue weighted by Gasteiger charge is -2.18. The summed E-state index contributed by atoms with van der Waals surface area (Å²) in [6.07, 6.45) is 3.90. The largest absolute Gasteiger partial charge is 0.306 e. The number of nitrogens with zero attached hydrogens (tertiary/aromatic N) is 1. The first-order valence-corrected chi connectivity index (χ1v) is 8.22. The molecule has 0 fully saturated rings. The van der Waals surface area contributed by atoms with Gasteiger partial charge in [0.1, 0.15) is 0 Å². The van der Waals surface area contributed by atoms with E-state index in [1.54, 1.807) is 11.3 Å². The van der Waals surface area contributed by atoms with Gasteiger partial charge in [-0.2, -0.15) is 0 Å². The molecule has 1 unspecified atom stereocenters. The first kappa shape index (κ1) is 13.7. The molecule has 0 radical (unpaired) electrons. The summed E-state index contributed by atoms with van der Waals surface area (Å²) >= 11 is 5.31. The Kier molecular flexibility index (Phi) is 4.15. The van der Waals surface area contributed by atoms with Crippen molar-refractivity contribution in [1.82, 2.24) is 10.3 Å². The van der Waals surface area contributed by atoms with Crippen LogP contribution in [0.15, 0.2) is 52.6 Å². The van der Waals surface area contributed by atoms with E-state index in [4.69, 9.17) is 0 Å². The summed E-state index contributed by atoms with van der Waals surface area (Å²) in [5.41, 5.74) is 1.24. The lowest BCUT2D eigenvalue weighted by molar-refractivity contribution is 0.642. The van der Waals surface area contributed by atoms with Crippen LogP contribution < -0.4 is 5.32 Å². The SMILES string of the molecule is CCNC(c1ccc(Br)s1)c1cncc2ccccc12. The third-order valence-electron chi connectivity index (χ3n) is 3.30. The molecule has 0 amide bonds. The molecular weight excluding hydrogens is 332 g/mol. The van der Waals surface area contributed by atoms with Crippen LogP contribution in [0.25, 0.3) is 10.8 Å². The second-order valence-corrected chi connectivity index (χ2v) is 7.08. The first-order valence-electron chi connectivity index (χ1n) is 6.61. The number of aromatic nitrogens is 1. The van der Waals surface area contributed by atoms with Gasteiger partial charge in [0.05, 0.1) is 9.83 Å². The summed E-state index contributed by atoms with van der Waals surface area (Å²) < 4.78 is 1.16. The van der Waals surface area contributed by atoms with Crippen molar-refractivity contribution in [3.63, 3.8) is 0 Å². The molecule has 0 bridgehead atoms. The highest BCUT2D eigenvalue weighted by atomic mass is 79.9. The molecule has 3 rings (SSSR count). The number of hydrogen-bond acceptors (Lipinski definition) is 3. The average molecular weight is 347 g/mol. The van der Waals surface area contributed by atoms with Gasteiger partial charge >= 0.3 is 0 Å². The zero-order chi connectivity index (χ0) is 13.9. The van der Waals surface area contributed by atoms with Gasteiger partial charge in [-0.3, -0.25) is 4.98 Å². The minimum Gasteiger partial charge on any atom is -0.306 e. The smallest absolute Gasteiger partial charge is 0.0702 e. The van der Waals surface area contributed by atoms with E-state index in [9.17, 15) is 0 Å². The van der Waals surface area contributed by atoms with Crippen molar-refractivity contribution in [3.05, 3.63) is 63.0 Å². The Morgan fingerprint density at radius 1 is 1.20 bits per heavy atom. The van der Waals surface area contributed by atoms with Crippen molar-refractivity contribution in [2.24, 2.45) is 0 Å². The lowest BCUT2D eigenvalue weighted by Crippen LogP contribution is -2.21. The molecule has 4 heteroatoms. The van der Waals surface area contributed by atoms with E-state index in [0.717, 1.165) is 10.3 Å². The number of hydrogen-bond donors (Lipinski definition) is 1. The van der Waals surface area contributed by atoms with Gasteiger partial charge in [-0.1, -0.05) is 31.2 Å². The highest BCUT2D eigenvalue weighted by Gasteiger charge is 2.17. The first-order chi connectivity index (χ1) is 9.79. The molecule has 1 aromatic carbocycles. The Labute approximate surface area is 131 Å².